The van der Waals surface area contributed by atoms with Crippen LogP contribution in [0.1, 0.15) is 47.1 Å². The number of hydrogen-bond acceptors (Lipinski definition) is 5. The van der Waals surface area contributed by atoms with Crippen molar-refractivity contribution in [1.29, 1.82) is 0 Å². The van der Waals surface area contributed by atoms with E-state index in [0.717, 1.165) is 15.8 Å². The monoisotopic (exact) mass is 405 g/mol. The Hall–Kier alpha value is -3.06. The Morgan fingerprint density at radius 2 is 2.00 bits per heavy atom. The van der Waals surface area contributed by atoms with Crippen LogP contribution in [0.25, 0.3) is 10.2 Å². The highest BCUT2D eigenvalue weighted by molar-refractivity contribution is 7.22. The molecule has 0 saturated carbocycles. The molecule has 0 aliphatic carbocycles. The Kier molecular flexibility index (Phi) is 5.15. The summed E-state index contributed by atoms with van der Waals surface area (Å²) in [6, 6.07) is 9.99. The third-order valence-electron chi connectivity index (χ3n) is 4.89. The first kappa shape index (κ1) is 19.3. The average molecular weight is 406 g/mol. The smallest absolute Gasteiger partial charge is 0.278 e. The van der Waals surface area contributed by atoms with Gasteiger partial charge in [-0.15, -0.1) is 0 Å². The molecule has 1 amide bonds. The topological polar surface area (TPSA) is 63.9 Å². The Labute approximate surface area is 173 Å². The molecule has 0 saturated heterocycles. The molecular weight excluding hydrogens is 382 g/mol. The molecule has 6 nitrogen and oxygen atoms in total. The van der Waals surface area contributed by atoms with E-state index in [2.05, 4.69) is 36.1 Å². The van der Waals surface area contributed by atoms with Crippen molar-refractivity contribution in [2.24, 2.45) is 0 Å². The van der Waals surface area contributed by atoms with E-state index in [-0.39, 0.29) is 11.9 Å². The summed E-state index contributed by atoms with van der Waals surface area (Å²) in [4.78, 5) is 24.0. The number of carbonyl (C=O) groups excluding carboxylic acids is 1. The minimum atomic E-state index is -0.166. The van der Waals surface area contributed by atoms with E-state index in [1.54, 1.807) is 28.0 Å². The number of rotatable bonds is 5. The second-order valence-electron chi connectivity index (χ2n) is 7.43. The largest absolute Gasteiger partial charge is 0.280 e. The molecule has 29 heavy (non-hydrogen) atoms. The van der Waals surface area contributed by atoms with Gasteiger partial charge in [-0.3, -0.25) is 19.4 Å². The van der Waals surface area contributed by atoms with E-state index in [1.807, 2.05) is 32.2 Å². The first-order chi connectivity index (χ1) is 13.9. The molecule has 0 aliphatic heterocycles. The molecule has 4 aromatic rings. The zero-order chi connectivity index (χ0) is 20.5. The van der Waals surface area contributed by atoms with Crippen molar-refractivity contribution in [3.05, 3.63) is 71.3 Å². The average Bonchev–Trinajstić information content (AvgIpc) is 3.34. The van der Waals surface area contributed by atoms with Gasteiger partial charge in [0.2, 0.25) is 0 Å². The molecule has 0 radical (unpaired) electrons. The minimum Gasteiger partial charge on any atom is -0.278 e. The van der Waals surface area contributed by atoms with Crippen LogP contribution in [0.15, 0.2) is 48.9 Å². The number of thiazole rings is 1. The highest BCUT2D eigenvalue weighted by Crippen LogP contribution is 2.32. The van der Waals surface area contributed by atoms with Gasteiger partial charge in [-0.25, -0.2) is 4.98 Å². The van der Waals surface area contributed by atoms with Crippen molar-refractivity contribution in [2.75, 3.05) is 4.90 Å². The lowest BCUT2D eigenvalue weighted by atomic mass is 10.1. The standard InChI is InChI=1S/C22H23N5OS/c1-14(2)27-9-7-18(25-27)21(28)26(13-17-6-5-8-23-12-17)22-24-19-10-15(3)16(4)11-20(19)29-22/h5-12,14H,13H2,1-4H3. The van der Waals surface area contributed by atoms with Gasteiger partial charge in [0.05, 0.1) is 16.8 Å². The third-order valence-corrected chi connectivity index (χ3v) is 5.93. The van der Waals surface area contributed by atoms with Crippen LogP contribution >= 0.6 is 11.3 Å². The third kappa shape index (κ3) is 3.91. The molecule has 7 heteroatoms. The summed E-state index contributed by atoms with van der Waals surface area (Å²) in [6.45, 7) is 8.62. The summed E-state index contributed by atoms with van der Waals surface area (Å²) in [6.07, 6.45) is 5.34. The van der Waals surface area contributed by atoms with Gasteiger partial charge in [0.15, 0.2) is 10.8 Å². The van der Waals surface area contributed by atoms with Gasteiger partial charge in [-0.1, -0.05) is 17.4 Å². The van der Waals surface area contributed by atoms with Gasteiger partial charge < -0.3 is 0 Å². The van der Waals surface area contributed by atoms with Gasteiger partial charge in [-0.2, -0.15) is 5.10 Å². The van der Waals surface area contributed by atoms with Gasteiger partial charge in [0.25, 0.3) is 5.91 Å². The molecule has 0 fully saturated rings. The predicted octanol–water partition coefficient (Wildman–Crippen LogP) is 4.93. The van der Waals surface area contributed by atoms with Crippen molar-refractivity contribution in [3.63, 3.8) is 0 Å². The van der Waals surface area contributed by atoms with Gasteiger partial charge in [0, 0.05) is 24.6 Å². The van der Waals surface area contributed by atoms with E-state index in [1.165, 1.54) is 22.5 Å². The molecule has 0 bridgehead atoms. The summed E-state index contributed by atoms with van der Waals surface area (Å²) < 4.78 is 2.86. The number of anilines is 1. The predicted molar refractivity (Wildman–Crippen MR) is 116 cm³/mol. The lowest BCUT2D eigenvalue weighted by molar-refractivity contribution is 0.0979. The lowest BCUT2D eigenvalue weighted by Crippen LogP contribution is -2.31. The van der Waals surface area contributed by atoms with E-state index in [0.29, 0.717) is 17.4 Å². The number of amides is 1. The van der Waals surface area contributed by atoms with Crippen LogP contribution in [0, 0.1) is 13.8 Å². The Balaban J connectivity index is 1.76. The van der Waals surface area contributed by atoms with Gasteiger partial charge >= 0.3 is 0 Å². The quantitative estimate of drug-likeness (QED) is 0.472. The normalized spacial score (nSPS) is 11.3. The van der Waals surface area contributed by atoms with Crippen molar-refractivity contribution in [1.82, 2.24) is 19.7 Å². The number of pyridine rings is 1. The first-order valence-corrected chi connectivity index (χ1v) is 10.4. The number of aromatic nitrogens is 4. The van der Waals surface area contributed by atoms with Gasteiger partial charge in [0.1, 0.15) is 0 Å². The van der Waals surface area contributed by atoms with Crippen molar-refractivity contribution < 1.29 is 4.79 Å². The molecule has 4 rings (SSSR count). The molecule has 0 atom stereocenters. The molecule has 0 N–H and O–H groups in total. The fraction of sp³-hybridized carbons (Fsp3) is 0.273. The number of benzene rings is 1. The van der Waals surface area contributed by atoms with E-state index in [4.69, 9.17) is 4.98 Å². The van der Waals surface area contributed by atoms with E-state index >= 15 is 0 Å². The van der Waals surface area contributed by atoms with Crippen LogP contribution in [0.2, 0.25) is 0 Å². The summed E-state index contributed by atoms with van der Waals surface area (Å²) in [5.41, 5.74) is 4.67. The molecule has 3 heterocycles. The minimum absolute atomic E-state index is 0.166. The molecular formula is C22H23N5OS. The number of aryl methyl sites for hydroxylation is 2. The van der Waals surface area contributed by atoms with Crippen LogP contribution in [0.5, 0.6) is 0 Å². The van der Waals surface area contributed by atoms with Crippen molar-refractivity contribution in [2.45, 2.75) is 40.3 Å². The molecule has 3 aromatic heterocycles. The SMILES string of the molecule is Cc1cc2nc(N(Cc3cccnc3)C(=O)c3ccn(C(C)C)n3)sc2cc1C. The number of nitrogens with zero attached hydrogens (tertiary/aromatic N) is 5. The molecule has 1 aromatic carbocycles. The number of carbonyl (C=O) groups is 1. The van der Waals surface area contributed by atoms with E-state index < -0.39 is 0 Å². The fourth-order valence-corrected chi connectivity index (χ4v) is 4.10. The summed E-state index contributed by atoms with van der Waals surface area (Å²) in [7, 11) is 0. The molecule has 0 unspecified atom stereocenters. The molecule has 0 aliphatic rings. The van der Waals surface area contributed by atoms with Crippen LogP contribution in [-0.2, 0) is 6.54 Å². The summed E-state index contributed by atoms with van der Waals surface area (Å²) in [5, 5.41) is 5.13. The molecule has 0 spiro atoms. The van der Waals surface area contributed by atoms with Crippen LogP contribution in [0.4, 0.5) is 5.13 Å². The van der Waals surface area contributed by atoms with E-state index in [9.17, 15) is 4.79 Å². The number of hydrogen-bond donors (Lipinski definition) is 0. The van der Waals surface area contributed by atoms with Crippen molar-refractivity contribution >= 4 is 32.6 Å². The highest BCUT2D eigenvalue weighted by atomic mass is 32.1. The number of fused-ring (bicyclic) bond motifs is 1. The van der Waals surface area contributed by atoms with Crippen molar-refractivity contribution in [3.8, 4) is 0 Å². The van der Waals surface area contributed by atoms with Crippen LogP contribution < -0.4 is 4.90 Å². The zero-order valence-corrected chi connectivity index (χ0v) is 17.8. The Bertz CT molecular complexity index is 1120. The van der Waals surface area contributed by atoms with Gasteiger partial charge in [-0.05, 0) is 68.7 Å². The lowest BCUT2D eigenvalue weighted by Gasteiger charge is -2.18. The zero-order valence-electron chi connectivity index (χ0n) is 17.0. The fourth-order valence-electron chi connectivity index (χ4n) is 3.06. The maximum Gasteiger partial charge on any atom is 0.280 e. The highest BCUT2D eigenvalue weighted by Gasteiger charge is 2.24. The second-order valence-corrected chi connectivity index (χ2v) is 8.44. The van der Waals surface area contributed by atoms with Crippen LogP contribution in [0.3, 0.4) is 0 Å². The Morgan fingerprint density at radius 3 is 2.69 bits per heavy atom. The second kappa shape index (κ2) is 7.75. The van der Waals surface area contributed by atoms with Crippen LogP contribution in [-0.4, -0.2) is 25.7 Å². The maximum atomic E-state index is 13.4. The maximum absolute atomic E-state index is 13.4. The summed E-state index contributed by atoms with van der Waals surface area (Å²) in [5.74, 6) is -0.166. The first-order valence-electron chi connectivity index (χ1n) is 9.56. The molecule has 148 valence electrons. The Morgan fingerprint density at radius 1 is 1.21 bits per heavy atom. The summed E-state index contributed by atoms with van der Waals surface area (Å²) >= 11 is 1.52.